The number of anilines is 2. The smallest absolute Gasteiger partial charge is 0.326 e. The van der Waals surface area contributed by atoms with Gasteiger partial charge in [-0.15, -0.1) is 0 Å². The second kappa shape index (κ2) is 6.39. The van der Waals surface area contributed by atoms with E-state index in [1.54, 1.807) is 17.7 Å². The first kappa shape index (κ1) is 18.9. The number of hydrogen-bond donors (Lipinski definition) is 3. The summed E-state index contributed by atoms with van der Waals surface area (Å²) in [5, 5.41) is 10.0. The molecule has 27 heavy (non-hydrogen) atoms. The van der Waals surface area contributed by atoms with Gasteiger partial charge >= 0.3 is 10.2 Å². The molecule has 0 unspecified atom stereocenters. The van der Waals surface area contributed by atoms with Crippen molar-refractivity contribution in [2.75, 3.05) is 15.6 Å². The van der Waals surface area contributed by atoms with Gasteiger partial charge in [0.1, 0.15) is 18.0 Å². The molecule has 1 aliphatic heterocycles. The van der Waals surface area contributed by atoms with E-state index in [4.69, 9.17) is 0 Å². The topological polar surface area (TPSA) is 133 Å². The third kappa shape index (κ3) is 3.66. The molecular formula is C15H14FN3O6S2. The Labute approximate surface area is 154 Å². The SMILES string of the molecule is Cc1cccc(S(=O)(=O)Nc2cc(O)c(N3CC(=O)NS3(=O)=O)c(F)c2)c1. The maximum absolute atomic E-state index is 14.4. The van der Waals surface area contributed by atoms with E-state index in [2.05, 4.69) is 4.72 Å². The average molecular weight is 415 g/mol. The molecule has 0 saturated carbocycles. The van der Waals surface area contributed by atoms with Crippen LogP contribution in [0.15, 0.2) is 41.3 Å². The van der Waals surface area contributed by atoms with Crippen molar-refractivity contribution < 1.29 is 31.1 Å². The monoisotopic (exact) mass is 415 g/mol. The van der Waals surface area contributed by atoms with Crippen LogP contribution in [0.4, 0.5) is 15.8 Å². The lowest BCUT2D eigenvalue weighted by atomic mass is 10.2. The van der Waals surface area contributed by atoms with Crippen LogP contribution < -0.4 is 13.7 Å². The van der Waals surface area contributed by atoms with Gasteiger partial charge < -0.3 is 5.11 Å². The van der Waals surface area contributed by atoms with Crippen molar-refractivity contribution in [3.8, 4) is 5.75 Å². The molecule has 3 rings (SSSR count). The summed E-state index contributed by atoms with van der Waals surface area (Å²) in [7, 11) is -8.39. The van der Waals surface area contributed by atoms with Gasteiger partial charge in [-0.05, 0) is 24.6 Å². The zero-order valence-electron chi connectivity index (χ0n) is 13.8. The molecule has 9 nitrogen and oxygen atoms in total. The van der Waals surface area contributed by atoms with Crippen LogP contribution >= 0.6 is 0 Å². The Bertz CT molecular complexity index is 1120. The highest BCUT2D eigenvalue weighted by Crippen LogP contribution is 2.36. The normalized spacial score (nSPS) is 16.2. The summed E-state index contributed by atoms with van der Waals surface area (Å²) in [5.41, 5.74) is -0.378. The van der Waals surface area contributed by atoms with E-state index >= 15 is 0 Å². The van der Waals surface area contributed by atoms with Crippen molar-refractivity contribution >= 4 is 37.5 Å². The molecule has 1 amide bonds. The maximum Gasteiger partial charge on any atom is 0.326 e. The summed E-state index contributed by atoms with van der Waals surface area (Å²) in [5.74, 6) is -2.97. The van der Waals surface area contributed by atoms with Crippen LogP contribution in [-0.2, 0) is 25.0 Å². The number of phenols is 1. The van der Waals surface area contributed by atoms with Gasteiger partial charge in [0.2, 0.25) is 0 Å². The lowest BCUT2D eigenvalue weighted by molar-refractivity contribution is -0.117. The number of hydrogen-bond acceptors (Lipinski definition) is 6. The zero-order chi connectivity index (χ0) is 20.0. The number of amides is 1. The molecule has 1 fully saturated rings. The number of benzene rings is 2. The number of rotatable bonds is 4. The molecule has 1 saturated heterocycles. The van der Waals surface area contributed by atoms with E-state index in [0.29, 0.717) is 15.9 Å². The predicted octanol–water partition coefficient (Wildman–Crippen LogP) is 0.822. The minimum absolute atomic E-state index is 0.0663. The molecule has 2 aromatic rings. The molecule has 0 radical (unpaired) electrons. The first-order valence-electron chi connectivity index (χ1n) is 7.45. The Kier molecular flexibility index (Phi) is 4.48. The number of aryl methyl sites for hydroxylation is 1. The standard InChI is InChI=1S/C15H14FN3O6S2/c1-9-3-2-4-11(5-9)26(22,23)17-10-6-12(16)15(13(20)7-10)19-8-14(21)18-27(19,24)25/h2-7,17,20H,8H2,1H3,(H,18,21). The zero-order valence-corrected chi connectivity index (χ0v) is 15.4. The molecule has 0 atom stereocenters. The number of aromatic hydroxyl groups is 1. The van der Waals surface area contributed by atoms with Crippen molar-refractivity contribution in [3.63, 3.8) is 0 Å². The van der Waals surface area contributed by atoms with Gasteiger partial charge in [-0.3, -0.25) is 9.52 Å². The molecule has 3 N–H and O–H groups in total. The highest BCUT2D eigenvalue weighted by molar-refractivity contribution is 7.92. The lowest BCUT2D eigenvalue weighted by Crippen LogP contribution is -2.30. The summed E-state index contributed by atoms with van der Waals surface area (Å²) in [6.07, 6.45) is 0. The van der Waals surface area contributed by atoms with E-state index in [9.17, 15) is 31.1 Å². The van der Waals surface area contributed by atoms with Gasteiger partial charge in [0.05, 0.1) is 10.6 Å². The minimum Gasteiger partial charge on any atom is -0.506 e. The van der Waals surface area contributed by atoms with Gasteiger partial charge in [0.15, 0.2) is 5.82 Å². The van der Waals surface area contributed by atoms with Crippen LogP contribution in [0.3, 0.4) is 0 Å². The number of carbonyl (C=O) groups excluding carboxylic acids is 1. The van der Waals surface area contributed by atoms with Gasteiger partial charge in [-0.1, -0.05) is 12.1 Å². The first-order chi connectivity index (χ1) is 12.5. The van der Waals surface area contributed by atoms with E-state index < -0.39 is 49.9 Å². The molecule has 2 aromatic carbocycles. The van der Waals surface area contributed by atoms with Crippen LogP contribution in [0.2, 0.25) is 0 Å². The van der Waals surface area contributed by atoms with Gasteiger partial charge in [-0.2, -0.15) is 8.42 Å². The van der Waals surface area contributed by atoms with Crippen LogP contribution in [0.1, 0.15) is 5.56 Å². The highest BCUT2D eigenvalue weighted by atomic mass is 32.2. The second-order valence-electron chi connectivity index (χ2n) is 5.78. The number of phenolic OH excluding ortho intramolecular Hbond substituents is 1. The van der Waals surface area contributed by atoms with Gasteiger partial charge in [0, 0.05) is 12.1 Å². The largest absolute Gasteiger partial charge is 0.506 e. The third-order valence-corrected chi connectivity index (χ3v) is 6.42. The van der Waals surface area contributed by atoms with Crippen LogP contribution in [0, 0.1) is 12.7 Å². The van der Waals surface area contributed by atoms with E-state index in [1.807, 2.05) is 0 Å². The molecule has 0 spiro atoms. The number of nitrogens with one attached hydrogen (secondary N) is 2. The maximum atomic E-state index is 14.4. The van der Waals surface area contributed by atoms with Crippen LogP contribution in [-0.4, -0.2) is 34.4 Å². The Balaban J connectivity index is 1.97. The van der Waals surface area contributed by atoms with Crippen LogP contribution in [0.5, 0.6) is 5.75 Å². The lowest BCUT2D eigenvalue weighted by Gasteiger charge is -2.18. The minimum atomic E-state index is -4.33. The predicted molar refractivity (Wildman–Crippen MR) is 94.5 cm³/mol. The molecule has 144 valence electrons. The Morgan fingerprint density at radius 2 is 1.96 bits per heavy atom. The average Bonchev–Trinajstić information content (AvgIpc) is 2.78. The molecule has 0 aromatic heterocycles. The van der Waals surface area contributed by atoms with Crippen molar-refractivity contribution in [2.45, 2.75) is 11.8 Å². The molecule has 12 heteroatoms. The highest BCUT2D eigenvalue weighted by Gasteiger charge is 2.37. The third-order valence-electron chi connectivity index (χ3n) is 3.66. The molecule has 1 heterocycles. The van der Waals surface area contributed by atoms with E-state index in [-0.39, 0.29) is 10.6 Å². The van der Waals surface area contributed by atoms with Crippen molar-refractivity contribution in [1.82, 2.24) is 4.72 Å². The summed E-state index contributed by atoms with van der Waals surface area (Å²) >= 11 is 0. The molecule has 0 bridgehead atoms. The Morgan fingerprint density at radius 1 is 1.26 bits per heavy atom. The van der Waals surface area contributed by atoms with Gasteiger partial charge in [0.25, 0.3) is 15.9 Å². The summed E-state index contributed by atoms with van der Waals surface area (Å²) in [6, 6.07) is 7.54. The van der Waals surface area contributed by atoms with E-state index in [0.717, 1.165) is 6.07 Å². The molecule has 1 aliphatic rings. The summed E-state index contributed by atoms with van der Waals surface area (Å²) in [4.78, 5) is 11.2. The molecule has 0 aliphatic carbocycles. The number of halogens is 1. The van der Waals surface area contributed by atoms with Crippen LogP contribution in [0.25, 0.3) is 0 Å². The summed E-state index contributed by atoms with van der Waals surface area (Å²) < 4.78 is 67.0. The molecular weight excluding hydrogens is 401 g/mol. The Morgan fingerprint density at radius 3 is 2.52 bits per heavy atom. The fourth-order valence-corrected chi connectivity index (χ4v) is 4.85. The fourth-order valence-electron chi connectivity index (χ4n) is 2.53. The summed E-state index contributed by atoms with van der Waals surface area (Å²) in [6.45, 7) is 0.992. The fraction of sp³-hybridized carbons (Fsp3) is 0.133. The van der Waals surface area contributed by atoms with Gasteiger partial charge in [-0.25, -0.2) is 21.8 Å². The Hall–Kier alpha value is -2.86. The van der Waals surface area contributed by atoms with Crippen molar-refractivity contribution in [1.29, 1.82) is 0 Å². The quantitative estimate of drug-likeness (QED) is 0.677. The van der Waals surface area contributed by atoms with E-state index in [1.165, 1.54) is 18.2 Å². The van der Waals surface area contributed by atoms with Crippen molar-refractivity contribution in [2.24, 2.45) is 0 Å². The number of nitrogens with zero attached hydrogens (tertiary/aromatic N) is 1. The first-order valence-corrected chi connectivity index (χ1v) is 10.4. The number of carbonyl (C=O) groups is 1. The van der Waals surface area contributed by atoms with Crippen molar-refractivity contribution in [3.05, 3.63) is 47.8 Å². The number of sulfonamides is 1. The second-order valence-corrected chi connectivity index (χ2v) is 9.06.